The molecular formula is C29H36O11. The van der Waals surface area contributed by atoms with Gasteiger partial charge in [0.1, 0.15) is 30.2 Å². The van der Waals surface area contributed by atoms with E-state index in [4.69, 9.17) is 18.9 Å². The number of hydrogen-bond acceptors (Lipinski definition) is 11. The molecule has 2 fully saturated rings. The average Bonchev–Trinajstić information content (AvgIpc) is 3.45. The van der Waals surface area contributed by atoms with Crippen LogP contribution in [0.5, 0.6) is 5.75 Å². The molecule has 0 spiro atoms. The monoisotopic (exact) mass is 560 g/mol. The molecule has 0 bridgehead atoms. The number of esters is 2. The molecule has 2 saturated heterocycles. The van der Waals surface area contributed by atoms with Crippen LogP contribution in [0.1, 0.15) is 32.3 Å². The van der Waals surface area contributed by atoms with Crippen molar-refractivity contribution < 1.29 is 54.1 Å². The summed E-state index contributed by atoms with van der Waals surface area (Å²) in [6.07, 6.45) is -5.39. The summed E-state index contributed by atoms with van der Waals surface area (Å²) < 4.78 is 23.0. The van der Waals surface area contributed by atoms with Crippen molar-refractivity contribution in [1.29, 1.82) is 0 Å². The molecule has 1 aromatic rings. The first-order valence-electron chi connectivity index (χ1n) is 13.6. The molecule has 10 atom stereocenters. The third-order valence-electron chi connectivity index (χ3n) is 8.57. The van der Waals surface area contributed by atoms with Crippen LogP contribution in [-0.2, 0) is 35.0 Å². The Balaban J connectivity index is 1.32. The Morgan fingerprint density at radius 3 is 2.55 bits per heavy atom. The summed E-state index contributed by atoms with van der Waals surface area (Å²) in [6, 6.07) is 5.98. The number of allylic oxidation sites excluding steroid dienone is 1. The van der Waals surface area contributed by atoms with E-state index in [9.17, 15) is 35.1 Å². The zero-order valence-electron chi connectivity index (χ0n) is 22.4. The molecule has 11 nitrogen and oxygen atoms in total. The summed E-state index contributed by atoms with van der Waals surface area (Å²) in [4.78, 5) is 25.2. The van der Waals surface area contributed by atoms with Gasteiger partial charge in [-0.15, -0.1) is 0 Å². The molecule has 2 aliphatic heterocycles. The number of phenols is 1. The number of rotatable bonds is 7. The maximum Gasteiger partial charge on any atom is 0.310 e. The van der Waals surface area contributed by atoms with Crippen LogP contribution in [0.3, 0.4) is 0 Å². The highest BCUT2D eigenvalue weighted by molar-refractivity contribution is 5.75. The smallest absolute Gasteiger partial charge is 0.310 e. The second-order valence-electron chi connectivity index (χ2n) is 11.1. The number of ether oxygens (including phenoxy) is 4. The molecule has 5 N–H and O–H groups in total. The first kappa shape index (κ1) is 28.7. The van der Waals surface area contributed by atoms with Crippen LogP contribution in [0.25, 0.3) is 0 Å². The van der Waals surface area contributed by atoms with Gasteiger partial charge in [-0.1, -0.05) is 36.3 Å². The lowest BCUT2D eigenvalue weighted by Crippen LogP contribution is -2.60. The van der Waals surface area contributed by atoms with Crippen LogP contribution in [-0.4, -0.2) is 93.6 Å². The van der Waals surface area contributed by atoms with Crippen LogP contribution >= 0.6 is 0 Å². The molecule has 4 aliphatic rings. The molecule has 0 unspecified atom stereocenters. The third-order valence-corrected chi connectivity index (χ3v) is 8.57. The van der Waals surface area contributed by atoms with E-state index in [1.165, 1.54) is 12.1 Å². The number of carbonyl (C=O) groups is 2. The number of aromatic hydroxyl groups is 1. The van der Waals surface area contributed by atoms with Crippen molar-refractivity contribution >= 4 is 11.9 Å². The summed E-state index contributed by atoms with van der Waals surface area (Å²) in [5.74, 6) is -2.13. The van der Waals surface area contributed by atoms with E-state index in [1.807, 2.05) is 13.0 Å². The van der Waals surface area contributed by atoms with E-state index in [2.05, 4.69) is 0 Å². The van der Waals surface area contributed by atoms with Gasteiger partial charge in [-0.25, -0.2) is 0 Å². The summed E-state index contributed by atoms with van der Waals surface area (Å²) >= 11 is 0. The van der Waals surface area contributed by atoms with E-state index in [-0.39, 0.29) is 36.6 Å². The Hall–Kier alpha value is -2.80. The summed E-state index contributed by atoms with van der Waals surface area (Å²) in [5.41, 5.74) is 3.48. The highest BCUT2D eigenvalue weighted by Crippen LogP contribution is 2.49. The van der Waals surface area contributed by atoms with Gasteiger partial charge in [-0.2, -0.15) is 0 Å². The Morgan fingerprint density at radius 1 is 1.12 bits per heavy atom. The number of fused-ring (bicyclic) bond motifs is 3. The zero-order chi connectivity index (χ0) is 28.7. The minimum absolute atomic E-state index is 0.0235. The number of aliphatic hydroxyl groups is 4. The number of aliphatic hydroxyl groups excluding tert-OH is 4. The van der Waals surface area contributed by atoms with Crippen molar-refractivity contribution in [3.05, 3.63) is 52.6 Å². The molecule has 0 aromatic heterocycles. The van der Waals surface area contributed by atoms with E-state index in [0.29, 0.717) is 18.4 Å². The van der Waals surface area contributed by atoms with Crippen molar-refractivity contribution in [2.24, 2.45) is 17.8 Å². The van der Waals surface area contributed by atoms with Gasteiger partial charge in [0.2, 0.25) is 0 Å². The summed E-state index contributed by atoms with van der Waals surface area (Å²) in [5, 5.41) is 51.2. The fourth-order valence-electron chi connectivity index (χ4n) is 6.37. The topological polar surface area (TPSA) is 172 Å². The Morgan fingerprint density at radius 2 is 1.85 bits per heavy atom. The molecule has 0 amide bonds. The maximum atomic E-state index is 12.7. The van der Waals surface area contributed by atoms with Crippen LogP contribution in [0, 0.1) is 17.8 Å². The predicted molar refractivity (Wildman–Crippen MR) is 137 cm³/mol. The number of benzene rings is 1. The Bertz CT molecular complexity index is 1170. The minimum Gasteiger partial charge on any atom is -0.508 e. The normalized spacial score (nSPS) is 37.4. The third kappa shape index (κ3) is 5.41. The van der Waals surface area contributed by atoms with Gasteiger partial charge in [0.25, 0.3) is 0 Å². The van der Waals surface area contributed by atoms with E-state index in [0.717, 1.165) is 16.7 Å². The Kier molecular flexibility index (Phi) is 8.32. The van der Waals surface area contributed by atoms with Gasteiger partial charge >= 0.3 is 11.9 Å². The van der Waals surface area contributed by atoms with Crippen LogP contribution in [0.15, 0.2) is 47.1 Å². The molecular weight excluding hydrogens is 524 g/mol. The van der Waals surface area contributed by atoms with Crippen molar-refractivity contribution in [3.8, 4) is 5.75 Å². The minimum atomic E-state index is -1.59. The SMILES string of the molecule is CC1=C2CC=C(CO[C@@H]3O[C@H](CO)[C@@H](O)[C@H](O)[C@H]3OC(=O)Cc3ccc(O)cc3)[C@@H]2[C@H]2OC(=O)[C@@H](C)[C@@H]2[C@@H](O)C1. The van der Waals surface area contributed by atoms with Gasteiger partial charge in [-0.05, 0) is 43.0 Å². The van der Waals surface area contributed by atoms with Crippen LogP contribution < -0.4 is 0 Å². The maximum absolute atomic E-state index is 12.7. The number of phenolic OH excluding ortho intramolecular Hbond substituents is 1. The van der Waals surface area contributed by atoms with Gasteiger partial charge in [-0.3, -0.25) is 9.59 Å². The molecule has 5 rings (SSSR count). The first-order valence-corrected chi connectivity index (χ1v) is 13.6. The lowest BCUT2D eigenvalue weighted by molar-refractivity contribution is -0.302. The fourth-order valence-corrected chi connectivity index (χ4v) is 6.37. The average molecular weight is 561 g/mol. The zero-order valence-corrected chi connectivity index (χ0v) is 22.4. The predicted octanol–water partition coefficient (Wildman–Crippen LogP) is 0.507. The van der Waals surface area contributed by atoms with Crippen molar-refractivity contribution in [2.45, 2.75) is 76.0 Å². The molecule has 2 aliphatic carbocycles. The van der Waals surface area contributed by atoms with Gasteiger partial charge < -0.3 is 44.5 Å². The highest BCUT2D eigenvalue weighted by atomic mass is 16.7. The first-order chi connectivity index (χ1) is 19.1. The van der Waals surface area contributed by atoms with Gasteiger partial charge in [0.05, 0.1) is 31.7 Å². The van der Waals surface area contributed by atoms with E-state index in [1.54, 1.807) is 19.1 Å². The van der Waals surface area contributed by atoms with E-state index >= 15 is 0 Å². The second-order valence-corrected chi connectivity index (χ2v) is 11.1. The largest absolute Gasteiger partial charge is 0.508 e. The summed E-state index contributed by atoms with van der Waals surface area (Å²) in [6.45, 7) is 3.11. The second kappa shape index (κ2) is 11.6. The molecule has 218 valence electrons. The molecule has 0 saturated carbocycles. The molecule has 40 heavy (non-hydrogen) atoms. The molecule has 2 heterocycles. The number of carbonyl (C=O) groups excluding carboxylic acids is 2. The standard InChI is InChI=1S/C29H36O11/c1-13-9-19(32)22-14(2)28(36)40-26(22)23-16(5-8-18(13)23)12-37-29-27(25(35)24(34)20(11-30)38-29)39-21(33)10-15-3-6-17(31)7-4-15/h3-7,14,19-20,22-27,29-32,34-35H,8-12H2,1-2H3/t14-,19-,20+,22+,23-,24+,25-,26-,27+,29+/m0/s1. The van der Waals surface area contributed by atoms with Crippen LogP contribution in [0.2, 0.25) is 0 Å². The summed E-state index contributed by atoms with van der Waals surface area (Å²) in [7, 11) is 0. The van der Waals surface area contributed by atoms with E-state index < -0.39 is 61.4 Å². The van der Waals surface area contributed by atoms with Crippen LogP contribution in [0.4, 0.5) is 0 Å². The highest BCUT2D eigenvalue weighted by Gasteiger charge is 2.53. The Labute approximate surface area is 231 Å². The molecule has 0 radical (unpaired) electrons. The number of hydrogen-bond donors (Lipinski definition) is 5. The molecule has 11 heteroatoms. The van der Waals surface area contributed by atoms with Crippen molar-refractivity contribution in [2.75, 3.05) is 13.2 Å². The lowest BCUT2D eigenvalue weighted by Gasteiger charge is -2.41. The van der Waals surface area contributed by atoms with Crippen molar-refractivity contribution in [1.82, 2.24) is 0 Å². The van der Waals surface area contributed by atoms with Gasteiger partial charge in [0.15, 0.2) is 12.4 Å². The fraction of sp³-hybridized carbons (Fsp3) is 0.586. The van der Waals surface area contributed by atoms with Crippen molar-refractivity contribution in [3.63, 3.8) is 0 Å². The quantitative estimate of drug-likeness (QED) is 0.232. The van der Waals surface area contributed by atoms with Gasteiger partial charge in [0, 0.05) is 11.8 Å². The molecule has 1 aromatic carbocycles. The lowest BCUT2D eigenvalue weighted by atomic mass is 9.79.